The summed E-state index contributed by atoms with van der Waals surface area (Å²) in [4.78, 5) is 77.3. The number of rotatable bonds is 19. The first-order valence-electron chi connectivity index (χ1n) is 23.9. The van der Waals surface area contributed by atoms with Crippen molar-refractivity contribution in [3.8, 4) is 23.0 Å². The Labute approximate surface area is 412 Å². The molecular weight excluding hydrogens is 927 g/mol. The van der Waals surface area contributed by atoms with Gasteiger partial charge in [0.15, 0.2) is 29.6 Å². The molecule has 4 aliphatic heterocycles. The van der Waals surface area contributed by atoms with Crippen LogP contribution in [0, 0.1) is 0 Å². The van der Waals surface area contributed by atoms with E-state index in [0.717, 1.165) is 34.3 Å². The van der Waals surface area contributed by atoms with Crippen molar-refractivity contribution in [2.45, 2.75) is 89.4 Å². The monoisotopic (exact) mass is 991 g/mol. The fraction of sp³-hybridized carbons (Fsp3) is 0.442. The van der Waals surface area contributed by atoms with Crippen LogP contribution in [0.4, 0.5) is 11.4 Å². The number of benzene rings is 4. The van der Waals surface area contributed by atoms with Gasteiger partial charge in [0, 0.05) is 67.4 Å². The quantitative estimate of drug-likeness (QED) is 0.0783. The summed E-state index contributed by atoms with van der Waals surface area (Å²) in [5.74, 6) is -0.669. The molecule has 0 saturated carbocycles. The zero-order chi connectivity index (χ0) is 49.9. The Morgan fingerprint density at radius 2 is 1.01 bits per heavy atom. The van der Waals surface area contributed by atoms with Crippen LogP contribution in [0.5, 0.6) is 23.0 Å². The molecule has 0 spiro atoms. The zero-order valence-corrected chi connectivity index (χ0v) is 43.6. The highest BCUT2D eigenvalue weighted by atomic mass is 28.3. The molecule has 0 fully saturated rings. The van der Waals surface area contributed by atoms with Crippen LogP contribution >= 0.6 is 0 Å². The summed E-state index contributed by atoms with van der Waals surface area (Å²) in [6, 6.07) is 22.4. The van der Waals surface area contributed by atoms with Crippen molar-refractivity contribution in [1.29, 1.82) is 0 Å². The molecule has 372 valence electrons. The number of methoxy groups -OCH3 is 2. The number of hydrogen-bond donors (Lipinski definition) is 1. The molecule has 0 saturated heterocycles. The molecule has 4 aromatic rings. The first-order valence-corrected chi connectivity index (χ1v) is 31.4. The Bertz CT molecular complexity index is 2650. The fourth-order valence-electron chi connectivity index (χ4n) is 9.13. The van der Waals surface area contributed by atoms with Gasteiger partial charge in [0.1, 0.15) is 32.2 Å². The summed E-state index contributed by atoms with van der Waals surface area (Å²) in [6.07, 6.45) is 0.744. The second-order valence-corrected chi connectivity index (χ2v) is 31.8. The molecule has 4 heterocycles. The molecule has 0 radical (unpaired) electrons. The molecule has 0 aromatic heterocycles. The van der Waals surface area contributed by atoms with Gasteiger partial charge in [-0.1, -0.05) is 87.8 Å². The fourth-order valence-corrected chi connectivity index (χ4v) is 10.6. The number of fused-ring (bicyclic) bond motifs is 6. The number of anilines is 2. The maximum absolute atomic E-state index is 14.5. The lowest BCUT2D eigenvalue weighted by atomic mass is 9.93. The van der Waals surface area contributed by atoms with Gasteiger partial charge in [-0.2, -0.15) is 0 Å². The molecular formula is C52H65N5O11Si2. The van der Waals surface area contributed by atoms with Crippen molar-refractivity contribution in [3.63, 3.8) is 0 Å². The lowest BCUT2D eigenvalue weighted by molar-refractivity contribution is -0.125. The summed E-state index contributed by atoms with van der Waals surface area (Å²) in [7, 11) is 0.0457. The Hall–Kier alpha value is -6.22. The van der Waals surface area contributed by atoms with E-state index in [-0.39, 0.29) is 85.3 Å². The van der Waals surface area contributed by atoms with Crippen molar-refractivity contribution in [1.82, 2.24) is 15.1 Å². The molecule has 0 unspecified atom stereocenters. The van der Waals surface area contributed by atoms with Crippen LogP contribution in [-0.4, -0.2) is 128 Å². The molecule has 70 heavy (non-hydrogen) atoms. The smallest absolute Gasteiger partial charge is 0.258 e. The number of nitrogens with one attached hydrogen (secondary N) is 1. The van der Waals surface area contributed by atoms with Crippen molar-refractivity contribution in [2.24, 2.45) is 0 Å². The largest absolute Gasteiger partial charge is 0.493 e. The van der Waals surface area contributed by atoms with Crippen LogP contribution in [0.25, 0.3) is 0 Å². The minimum Gasteiger partial charge on any atom is -0.493 e. The van der Waals surface area contributed by atoms with Crippen molar-refractivity contribution >= 4 is 57.1 Å². The molecule has 1 N–H and O–H groups in total. The van der Waals surface area contributed by atoms with Gasteiger partial charge < -0.3 is 43.5 Å². The predicted octanol–water partition coefficient (Wildman–Crippen LogP) is 6.73. The topological polar surface area (TPSA) is 166 Å². The number of carbonyl (C=O) groups is 5. The van der Waals surface area contributed by atoms with E-state index in [0.29, 0.717) is 49.5 Å². The Balaban J connectivity index is 0.963. The maximum Gasteiger partial charge on any atom is 0.258 e. The van der Waals surface area contributed by atoms with Gasteiger partial charge in [-0.05, 0) is 46.5 Å². The summed E-state index contributed by atoms with van der Waals surface area (Å²) < 4.78 is 36.0. The average molecular weight is 992 g/mol. The lowest BCUT2D eigenvalue weighted by Crippen LogP contribution is -2.51. The zero-order valence-electron chi connectivity index (χ0n) is 41.6. The Kier molecular flexibility index (Phi) is 15.1. The molecule has 2 atom stereocenters. The van der Waals surface area contributed by atoms with E-state index in [1.807, 2.05) is 48.5 Å². The van der Waals surface area contributed by atoms with E-state index in [2.05, 4.69) is 44.6 Å². The van der Waals surface area contributed by atoms with Gasteiger partial charge in [-0.3, -0.25) is 33.8 Å². The minimum absolute atomic E-state index is 0.000136. The molecule has 16 nitrogen and oxygen atoms in total. The molecule has 18 heteroatoms. The van der Waals surface area contributed by atoms with Crippen LogP contribution in [0.1, 0.15) is 43.0 Å². The van der Waals surface area contributed by atoms with Gasteiger partial charge in [-0.15, -0.1) is 0 Å². The van der Waals surface area contributed by atoms with E-state index < -0.39 is 40.7 Å². The van der Waals surface area contributed by atoms with E-state index in [9.17, 15) is 24.0 Å². The SMILES string of the molecule is COc1cc2c(cc1OCCNC(=O)COc1cc3c(cc1OC)C(=O)N1Cc4ccccc4C[C@H]1C(=O)N3COCC[Si](C)(C)C)N(COCC[Si](C)(C)C)C(=O)[C@@H]1Cc3ccccc3CN1C2=O. The first kappa shape index (κ1) is 50.2. The number of nitrogens with zero attached hydrogens (tertiary/aromatic N) is 4. The van der Waals surface area contributed by atoms with Gasteiger partial charge in [0.05, 0.1) is 43.3 Å². The van der Waals surface area contributed by atoms with Crippen molar-refractivity contribution in [3.05, 3.63) is 106 Å². The van der Waals surface area contributed by atoms with Gasteiger partial charge in [-0.25, -0.2) is 0 Å². The third-order valence-electron chi connectivity index (χ3n) is 13.2. The second kappa shape index (κ2) is 21.0. The Morgan fingerprint density at radius 1 is 0.586 bits per heavy atom. The minimum atomic E-state index is -1.44. The van der Waals surface area contributed by atoms with Crippen LogP contribution in [0.3, 0.4) is 0 Å². The highest BCUT2D eigenvalue weighted by Crippen LogP contribution is 2.42. The van der Waals surface area contributed by atoms with Gasteiger partial charge in [0.2, 0.25) is 0 Å². The summed E-state index contributed by atoms with van der Waals surface area (Å²) in [5, 5.41) is 2.81. The highest BCUT2D eigenvalue weighted by Gasteiger charge is 2.45. The van der Waals surface area contributed by atoms with E-state index >= 15 is 0 Å². The number of amides is 5. The van der Waals surface area contributed by atoms with Crippen molar-refractivity contribution < 1.29 is 52.4 Å². The van der Waals surface area contributed by atoms with Crippen molar-refractivity contribution in [2.75, 3.05) is 70.5 Å². The molecule has 5 amide bonds. The second-order valence-electron chi connectivity index (χ2n) is 20.6. The number of hydrogen-bond acceptors (Lipinski definition) is 11. The van der Waals surface area contributed by atoms with E-state index in [1.165, 1.54) is 24.0 Å². The average Bonchev–Trinajstić information content (AvgIpc) is 3.46. The van der Waals surface area contributed by atoms with Gasteiger partial charge >= 0.3 is 0 Å². The summed E-state index contributed by atoms with van der Waals surface area (Å²) >= 11 is 0. The van der Waals surface area contributed by atoms with Crippen LogP contribution < -0.4 is 34.1 Å². The molecule has 4 aromatic carbocycles. The molecule has 8 rings (SSSR count). The first-order chi connectivity index (χ1) is 33.4. The lowest BCUT2D eigenvalue weighted by Gasteiger charge is -2.35. The number of ether oxygens (including phenoxy) is 6. The third-order valence-corrected chi connectivity index (χ3v) is 16.6. The highest BCUT2D eigenvalue weighted by molar-refractivity contribution is 6.76. The van der Waals surface area contributed by atoms with Crippen LogP contribution in [-0.2, 0) is 49.8 Å². The molecule has 0 bridgehead atoms. The third kappa shape index (κ3) is 11.0. The van der Waals surface area contributed by atoms with Gasteiger partial charge in [0.25, 0.3) is 29.5 Å². The normalized spacial score (nSPS) is 17.6. The maximum atomic E-state index is 14.5. The Morgan fingerprint density at radius 3 is 1.44 bits per heavy atom. The standard InChI is InChI=1S/C52H65N5O11Si2/c1-63-44-25-38-40(56(32-65-19-21-69(3,4)5)51(61)42-23-34-13-9-11-15-36(34)29-54(42)49(38)59)27-46(44)67-18-17-53-48(58)31-68-47-28-41-39(26-45(47)64-2)50(60)55-30-37-16-12-10-14-35(37)24-43(55)52(62)57(41)33-66-20-22-70(6,7)8/h9-16,25-28,42-43H,17-24,29-33H2,1-8H3,(H,53,58)/t42-,43-/m0/s1. The molecule has 0 aliphatic carbocycles. The summed E-state index contributed by atoms with van der Waals surface area (Å²) in [5.41, 5.74) is 5.23. The molecule has 4 aliphatic rings. The van der Waals surface area contributed by atoms with E-state index in [1.54, 1.807) is 34.1 Å². The van der Waals surface area contributed by atoms with Crippen LogP contribution in [0.2, 0.25) is 51.4 Å². The van der Waals surface area contributed by atoms with E-state index in [4.69, 9.17) is 28.4 Å². The summed E-state index contributed by atoms with van der Waals surface area (Å²) in [6.45, 7) is 14.6. The number of carbonyl (C=O) groups excluding carboxylic acids is 5. The van der Waals surface area contributed by atoms with Crippen LogP contribution in [0.15, 0.2) is 72.8 Å². The predicted molar refractivity (Wildman–Crippen MR) is 271 cm³/mol.